The van der Waals surface area contributed by atoms with E-state index in [2.05, 4.69) is 27.1 Å². The van der Waals surface area contributed by atoms with Gasteiger partial charge in [-0.05, 0) is 35.7 Å². The van der Waals surface area contributed by atoms with Crippen molar-refractivity contribution in [3.8, 4) is 0 Å². The van der Waals surface area contributed by atoms with Gasteiger partial charge in [-0.1, -0.05) is 0 Å². The summed E-state index contributed by atoms with van der Waals surface area (Å²) >= 11 is 1.66. The molecule has 2 aromatic rings. The summed E-state index contributed by atoms with van der Waals surface area (Å²) in [5.41, 5.74) is 1.27. The number of aromatic nitrogens is 1. The van der Waals surface area contributed by atoms with Crippen molar-refractivity contribution in [2.75, 3.05) is 17.7 Å². The topological polar surface area (TPSA) is 80.1 Å². The second kappa shape index (κ2) is 6.33. The molecule has 2 heterocycles. The predicted octanol–water partition coefficient (Wildman–Crippen LogP) is 3.14. The lowest BCUT2D eigenvalue weighted by Gasteiger charge is -2.14. The zero-order valence-electron chi connectivity index (χ0n) is 11.3. The van der Waals surface area contributed by atoms with E-state index in [1.54, 1.807) is 18.4 Å². The van der Waals surface area contributed by atoms with E-state index in [0.717, 1.165) is 6.42 Å². The highest BCUT2D eigenvalue weighted by molar-refractivity contribution is 7.07. The lowest BCUT2D eigenvalue weighted by molar-refractivity contribution is -0.384. The van der Waals surface area contributed by atoms with Crippen LogP contribution in [0.1, 0.15) is 12.5 Å². The lowest BCUT2D eigenvalue weighted by Crippen LogP contribution is -2.19. The van der Waals surface area contributed by atoms with Gasteiger partial charge in [0.1, 0.15) is 11.6 Å². The second-order valence-electron chi connectivity index (χ2n) is 4.48. The monoisotopic (exact) mass is 292 g/mol. The van der Waals surface area contributed by atoms with Crippen molar-refractivity contribution >= 4 is 28.7 Å². The molecule has 2 N–H and O–H groups in total. The molecule has 2 rings (SSSR count). The molecular formula is C13H16N4O2S. The molecule has 0 radical (unpaired) electrons. The average Bonchev–Trinajstić information content (AvgIpc) is 2.90. The standard InChI is InChI=1S/C13H16N4O2S/c1-9(5-10-3-4-20-8-10)15-13-7-11(17(18)19)6-12(14-2)16-13/h3-4,6-9H,5H2,1-2H3,(H2,14,15,16). The summed E-state index contributed by atoms with van der Waals surface area (Å²) in [5, 5.41) is 21.0. The summed E-state index contributed by atoms with van der Waals surface area (Å²) in [6.07, 6.45) is 0.850. The molecule has 6 nitrogen and oxygen atoms in total. The van der Waals surface area contributed by atoms with Crippen LogP contribution >= 0.6 is 11.3 Å². The van der Waals surface area contributed by atoms with Gasteiger partial charge in [0.2, 0.25) is 0 Å². The van der Waals surface area contributed by atoms with Gasteiger partial charge in [-0.3, -0.25) is 10.1 Å². The number of pyridine rings is 1. The summed E-state index contributed by atoms with van der Waals surface area (Å²) in [6, 6.07) is 5.08. The van der Waals surface area contributed by atoms with Crippen LogP contribution in [0.5, 0.6) is 0 Å². The smallest absolute Gasteiger partial charge is 0.276 e. The molecule has 7 heteroatoms. The third kappa shape index (κ3) is 3.67. The van der Waals surface area contributed by atoms with Crippen LogP contribution in [0.25, 0.3) is 0 Å². The van der Waals surface area contributed by atoms with Gasteiger partial charge in [-0.15, -0.1) is 0 Å². The number of hydrogen-bond acceptors (Lipinski definition) is 6. The van der Waals surface area contributed by atoms with Crippen LogP contribution in [0, 0.1) is 10.1 Å². The number of anilines is 2. The molecule has 0 aliphatic carbocycles. The fourth-order valence-corrected chi connectivity index (χ4v) is 2.57. The van der Waals surface area contributed by atoms with Crippen LogP contribution in [0.2, 0.25) is 0 Å². The molecule has 1 unspecified atom stereocenters. The van der Waals surface area contributed by atoms with Gasteiger partial charge in [-0.25, -0.2) is 4.98 Å². The summed E-state index contributed by atoms with van der Waals surface area (Å²) in [6.45, 7) is 2.03. The molecule has 0 fully saturated rings. The Morgan fingerprint density at radius 1 is 1.45 bits per heavy atom. The van der Waals surface area contributed by atoms with Crippen molar-refractivity contribution in [2.24, 2.45) is 0 Å². The molecule has 2 aromatic heterocycles. The number of nitrogens with one attached hydrogen (secondary N) is 2. The van der Waals surface area contributed by atoms with Crippen LogP contribution in [-0.4, -0.2) is 23.0 Å². The Labute approximate surface area is 121 Å². The number of hydrogen-bond donors (Lipinski definition) is 2. The molecule has 0 saturated heterocycles. The molecule has 0 aliphatic heterocycles. The molecule has 1 atom stereocenters. The van der Waals surface area contributed by atoms with Gasteiger partial charge >= 0.3 is 0 Å². The maximum absolute atomic E-state index is 10.9. The first-order valence-electron chi connectivity index (χ1n) is 6.20. The summed E-state index contributed by atoms with van der Waals surface area (Å²) in [7, 11) is 1.69. The molecule has 106 valence electrons. The van der Waals surface area contributed by atoms with E-state index in [1.165, 1.54) is 17.7 Å². The average molecular weight is 292 g/mol. The highest BCUT2D eigenvalue weighted by atomic mass is 32.1. The molecule has 0 spiro atoms. The van der Waals surface area contributed by atoms with Crippen LogP contribution in [-0.2, 0) is 6.42 Å². The quantitative estimate of drug-likeness (QED) is 0.631. The minimum atomic E-state index is -0.419. The molecule has 0 bridgehead atoms. The van der Waals surface area contributed by atoms with Gasteiger partial charge in [-0.2, -0.15) is 11.3 Å². The first-order chi connectivity index (χ1) is 9.58. The van der Waals surface area contributed by atoms with E-state index in [9.17, 15) is 10.1 Å². The number of nitrogens with zero attached hydrogens (tertiary/aromatic N) is 2. The van der Waals surface area contributed by atoms with E-state index in [4.69, 9.17) is 0 Å². The van der Waals surface area contributed by atoms with Crippen LogP contribution in [0.15, 0.2) is 29.0 Å². The Balaban J connectivity index is 2.11. The van der Waals surface area contributed by atoms with Gasteiger partial charge < -0.3 is 10.6 Å². The molecular weight excluding hydrogens is 276 g/mol. The van der Waals surface area contributed by atoms with E-state index < -0.39 is 4.92 Å². The third-order valence-electron chi connectivity index (χ3n) is 2.79. The summed E-state index contributed by atoms with van der Waals surface area (Å²) in [4.78, 5) is 14.7. The lowest BCUT2D eigenvalue weighted by atomic mass is 10.1. The maximum atomic E-state index is 10.9. The first-order valence-corrected chi connectivity index (χ1v) is 7.14. The molecule has 0 aliphatic rings. The Bertz CT molecular complexity index is 586. The molecule has 20 heavy (non-hydrogen) atoms. The SMILES string of the molecule is CNc1cc([N+](=O)[O-])cc(NC(C)Cc2ccsc2)n1. The maximum Gasteiger partial charge on any atom is 0.276 e. The van der Waals surface area contributed by atoms with Gasteiger partial charge in [0.05, 0.1) is 17.1 Å². The van der Waals surface area contributed by atoms with Gasteiger partial charge in [0.25, 0.3) is 5.69 Å². The van der Waals surface area contributed by atoms with E-state index >= 15 is 0 Å². The number of thiophene rings is 1. The Kier molecular flexibility index (Phi) is 4.52. The predicted molar refractivity (Wildman–Crippen MR) is 81.5 cm³/mol. The zero-order valence-corrected chi connectivity index (χ0v) is 12.1. The normalized spacial score (nSPS) is 11.9. The van der Waals surface area contributed by atoms with E-state index in [-0.39, 0.29) is 11.7 Å². The van der Waals surface area contributed by atoms with Crippen molar-refractivity contribution in [2.45, 2.75) is 19.4 Å². The highest BCUT2D eigenvalue weighted by Gasteiger charge is 2.12. The summed E-state index contributed by atoms with van der Waals surface area (Å²) in [5.74, 6) is 0.982. The van der Waals surface area contributed by atoms with E-state index in [1.807, 2.05) is 12.3 Å². The third-order valence-corrected chi connectivity index (χ3v) is 3.53. The van der Waals surface area contributed by atoms with Crippen LogP contribution in [0.4, 0.5) is 17.3 Å². The minimum Gasteiger partial charge on any atom is -0.373 e. The molecule has 0 amide bonds. The fraction of sp³-hybridized carbons (Fsp3) is 0.308. The number of rotatable bonds is 6. The van der Waals surface area contributed by atoms with Crippen molar-refractivity contribution in [1.29, 1.82) is 0 Å². The largest absolute Gasteiger partial charge is 0.373 e. The Morgan fingerprint density at radius 2 is 2.20 bits per heavy atom. The zero-order chi connectivity index (χ0) is 14.5. The highest BCUT2D eigenvalue weighted by Crippen LogP contribution is 2.21. The Hall–Kier alpha value is -2.15. The van der Waals surface area contributed by atoms with Crippen LogP contribution < -0.4 is 10.6 Å². The van der Waals surface area contributed by atoms with Crippen molar-refractivity contribution in [3.63, 3.8) is 0 Å². The molecule has 0 aromatic carbocycles. The van der Waals surface area contributed by atoms with Gasteiger partial charge in [0, 0.05) is 13.1 Å². The van der Waals surface area contributed by atoms with Gasteiger partial charge in [0.15, 0.2) is 0 Å². The number of nitro groups is 1. The van der Waals surface area contributed by atoms with Crippen molar-refractivity contribution < 1.29 is 4.92 Å². The molecule has 0 saturated carbocycles. The second-order valence-corrected chi connectivity index (χ2v) is 5.26. The van der Waals surface area contributed by atoms with Crippen molar-refractivity contribution in [3.05, 3.63) is 44.6 Å². The Morgan fingerprint density at radius 3 is 2.80 bits per heavy atom. The first kappa shape index (κ1) is 14.3. The minimum absolute atomic E-state index is 0.0228. The summed E-state index contributed by atoms with van der Waals surface area (Å²) < 4.78 is 0. The van der Waals surface area contributed by atoms with Crippen molar-refractivity contribution in [1.82, 2.24) is 4.98 Å². The van der Waals surface area contributed by atoms with E-state index in [0.29, 0.717) is 11.6 Å². The fourth-order valence-electron chi connectivity index (χ4n) is 1.89. The van der Waals surface area contributed by atoms with Crippen LogP contribution in [0.3, 0.4) is 0 Å².